The van der Waals surface area contributed by atoms with E-state index in [-0.39, 0.29) is 13.2 Å². The first-order valence-electron chi connectivity index (χ1n) is 8.15. The fourth-order valence-corrected chi connectivity index (χ4v) is 2.09. The first kappa shape index (κ1) is 21.1. The average molecular weight is 382 g/mol. The maximum absolute atomic E-state index is 13.7. The molecule has 2 rings (SSSR count). The van der Waals surface area contributed by atoms with Gasteiger partial charge < -0.3 is 5.11 Å². The van der Waals surface area contributed by atoms with Gasteiger partial charge in [0.1, 0.15) is 25.9 Å². The molecule has 0 aromatic heterocycles. The standard InChI is InChI=1S/C19H20F2O6/c20-19(21,14-22)18(27-26-12-16-9-5-2-6-10-16)17(23)13-25-24-11-15-7-3-1-4-8-15/h1-10,14,17-18,23H,11-13H2/t17-,18+/m0/s1. The van der Waals surface area contributed by atoms with Crippen LogP contribution in [0.4, 0.5) is 8.78 Å². The highest BCUT2D eigenvalue weighted by Gasteiger charge is 2.46. The van der Waals surface area contributed by atoms with Gasteiger partial charge in [0, 0.05) is 0 Å². The zero-order valence-electron chi connectivity index (χ0n) is 14.4. The zero-order valence-corrected chi connectivity index (χ0v) is 14.4. The van der Waals surface area contributed by atoms with Crippen molar-refractivity contribution in [3.8, 4) is 0 Å². The lowest BCUT2D eigenvalue weighted by Gasteiger charge is -2.25. The van der Waals surface area contributed by atoms with Gasteiger partial charge in [-0.15, -0.1) is 0 Å². The number of halogens is 2. The Hall–Kier alpha value is -2.23. The van der Waals surface area contributed by atoms with Crippen LogP contribution >= 0.6 is 0 Å². The minimum Gasteiger partial charge on any atom is -0.387 e. The number of carbonyl (C=O) groups is 1. The van der Waals surface area contributed by atoms with Crippen LogP contribution in [0, 0.1) is 0 Å². The molecule has 8 heteroatoms. The fraction of sp³-hybridized carbons (Fsp3) is 0.316. The molecule has 0 saturated carbocycles. The molecule has 0 spiro atoms. The van der Waals surface area contributed by atoms with Gasteiger partial charge in [-0.25, -0.2) is 19.6 Å². The summed E-state index contributed by atoms with van der Waals surface area (Å²) in [5, 5.41) is 9.92. The Morgan fingerprint density at radius 3 is 1.93 bits per heavy atom. The minimum absolute atomic E-state index is 0.0632. The molecule has 0 saturated heterocycles. The van der Waals surface area contributed by atoms with E-state index in [1.165, 1.54) is 0 Å². The van der Waals surface area contributed by atoms with Crippen molar-refractivity contribution >= 4 is 6.29 Å². The molecule has 0 aliphatic carbocycles. The number of benzene rings is 2. The molecule has 0 fully saturated rings. The van der Waals surface area contributed by atoms with Crippen molar-refractivity contribution in [1.82, 2.24) is 0 Å². The second-order valence-electron chi connectivity index (χ2n) is 5.66. The second kappa shape index (κ2) is 10.8. The maximum Gasteiger partial charge on any atom is 0.333 e. The number of aldehydes is 1. The molecule has 0 radical (unpaired) electrons. The van der Waals surface area contributed by atoms with E-state index < -0.39 is 31.0 Å². The molecule has 2 aromatic carbocycles. The molecule has 27 heavy (non-hydrogen) atoms. The largest absolute Gasteiger partial charge is 0.387 e. The fourth-order valence-electron chi connectivity index (χ4n) is 2.09. The first-order valence-corrected chi connectivity index (χ1v) is 8.15. The van der Waals surface area contributed by atoms with Crippen molar-refractivity contribution in [2.24, 2.45) is 0 Å². The topological polar surface area (TPSA) is 74.2 Å². The molecule has 146 valence electrons. The molecule has 0 unspecified atom stereocenters. The molecule has 0 bridgehead atoms. The Bertz CT molecular complexity index is 668. The Kier molecular flexibility index (Phi) is 8.43. The summed E-state index contributed by atoms with van der Waals surface area (Å²) in [6.07, 6.45) is -4.73. The summed E-state index contributed by atoms with van der Waals surface area (Å²) < 4.78 is 27.5. The van der Waals surface area contributed by atoms with E-state index in [0.29, 0.717) is 5.56 Å². The number of aliphatic hydroxyl groups excluding tert-OH is 1. The van der Waals surface area contributed by atoms with Crippen LogP contribution in [0.5, 0.6) is 0 Å². The molecule has 0 aliphatic rings. The maximum atomic E-state index is 13.7. The predicted molar refractivity (Wildman–Crippen MR) is 90.3 cm³/mol. The molecular formula is C19H20F2O6. The Morgan fingerprint density at radius 1 is 0.889 bits per heavy atom. The lowest BCUT2D eigenvalue weighted by molar-refractivity contribution is -0.386. The second-order valence-corrected chi connectivity index (χ2v) is 5.66. The van der Waals surface area contributed by atoms with E-state index >= 15 is 0 Å². The Morgan fingerprint density at radius 2 is 1.41 bits per heavy atom. The van der Waals surface area contributed by atoms with Gasteiger partial charge in [0.2, 0.25) is 0 Å². The van der Waals surface area contributed by atoms with Gasteiger partial charge in [-0.2, -0.15) is 8.78 Å². The number of alkyl halides is 2. The van der Waals surface area contributed by atoms with Crippen molar-refractivity contribution in [2.75, 3.05) is 6.61 Å². The highest BCUT2D eigenvalue weighted by Crippen LogP contribution is 2.23. The molecule has 0 amide bonds. The molecule has 2 aromatic rings. The number of aliphatic hydroxyl groups is 1. The van der Waals surface area contributed by atoms with E-state index in [0.717, 1.165) is 5.56 Å². The van der Waals surface area contributed by atoms with Gasteiger partial charge in [0.25, 0.3) is 0 Å². The predicted octanol–water partition coefficient (Wildman–Crippen LogP) is 2.85. The third-order valence-corrected chi connectivity index (χ3v) is 3.52. The summed E-state index contributed by atoms with van der Waals surface area (Å²) in [5.41, 5.74) is 1.46. The van der Waals surface area contributed by atoms with Gasteiger partial charge in [-0.1, -0.05) is 60.7 Å². The number of hydrogen-bond donors (Lipinski definition) is 1. The highest BCUT2D eigenvalue weighted by molar-refractivity contribution is 5.61. The number of hydrogen-bond acceptors (Lipinski definition) is 6. The third kappa shape index (κ3) is 7.12. The molecule has 6 nitrogen and oxygen atoms in total. The van der Waals surface area contributed by atoms with Crippen LogP contribution in [0.25, 0.3) is 0 Å². The van der Waals surface area contributed by atoms with Crippen LogP contribution < -0.4 is 0 Å². The quantitative estimate of drug-likeness (QED) is 0.263. The van der Waals surface area contributed by atoms with Crippen LogP contribution in [0.15, 0.2) is 60.7 Å². The smallest absolute Gasteiger partial charge is 0.333 e. The van der Waals surface area contributed by atoms with Crippen molar-refractivity contribution in [1.29, 1.82) is 0 Å². The lowest BCUT2D eigenvalue weighted by atomic mass is 10.1. The minimum atomic E-state index is -3.97. The summed E-state index contributed by atoms with van der Waals surface area (Å²) in [6, 6.07) is 17.6. The molecular weight excluding hydrogens is 362 g/mol. The number of carbonyl (C=O) groups excluding carboxylic acids is 1. The monoisotopic (exact) mass is 382 g/mol. The molecule has 1 N–H and O–H groups in total. The van der Waals surface area contributed by atoms with Crippen molar-refractivity contribution in [3.05, 3.63) is 71.8 Å². The van der Waals surface area contributed by atoms with Gasteiger partial charge in [-0.3, -0.25) is 4.79 Å². The average Bonchev–Trinajstić information content (AvgIpc) is 2.70. The molecule has 0 heterocycles. The van der Waals surface area contributed by atoms with Crippen molar-refractivity contribution < 1.29 is 38.2 Å². The van der Waals surface area contributed by atoms with Crippen molar-refractivity contribution in [3.63, 3.8) is 0 Å². The van der Waals surface area contributed by atoms with Crippen LogP contribution in [-0.2, 0) is 37.6 Å². The summed E-state index contributed by atoms with van der Waals surface area (Å²) >= 11 is 0. The Labute approximate surface area is 155 Å². The van der Waals surface area contributed by atoms with Crippen LogP contribution in [-0.4, -0.2) is 36.1 Å². The third-order valence-electron chi connectivity index (χ3n) is 3.52. The van der Waals surface area contributed by atoms with Crippen LogP contribution in [0.1, 0.15) is 11.1 Å². The van der Waals surface area contributed by atoms with Crippen LogP contribution in [0.2, 0.25) is 0 Å². The summed E-state index contributed by atoms with van der Waals surface area (Å²) in [6.45, 7) is -0.715. The van der Waals surface area contributed by atoms with E-state index in [1.807, 2.05) is 6.07 Å². The van der Waals surface area contributed by atoms with Crippen LogP contribution in [0.3, 0.4) is 0 Å². The van der Waals surface area contributed by atoms with E-state index in [4.69, 9.17) is 14.7 Å². The summed E-state index contributed by atoms with van der Waals surface area (Å²) in [7, 11) is 0. The van der Waals surface area contributed by atoms with E-state index in [9.17, 15) is 18.7 Å². The SMILES string of the molecule is O=CC(F)(F)[C@H](OOCc1ccccc1)[C@@H](O)COOCc1ccccc1. The van der Waals surface area contributed by atoms with Gasteiger partial charge in [0.05, 0.1) is 0 Å². The normalized spacial score (nSPS) is 13.9. The van der Waals surface area contributed by atoms with Gasteiger partial charge in [0.15, 0.2) is 12.4 Å². The van der Waals surface area contributed by atoms with Gasteiger partial charge in [-0.05, 0) is 11.1 Å². The zero-order chi connectivity index (χ0) is 19.5. The van der Waals surface area contributed by atoms with E-state index in [2.05, 4.69) is 4.89 Å². The molecule has 0 aliphatic heterocycles. The number of rotatable bonds is 12. The van der Waals surface area contributed by atoms with Crippen molar-refractivity contribution in [2.45, 2.75) is 31.3 Å². The van der Waals surface area contributed by atoms with E-state index in [1.54, 1.807) is 54.6 Å². The Balaban J connectivity index is 1.81. The van der Waals surface area contributed by atoms with Gasteiger partial charge >= 0.3 is 5.92 Å². The summed E-state index contributed by atoms with van der Waals surface area (Å²) in [5.74, 6) is -3.97. The highest BCUT2D eigenvalue weighted by atomic mass is 19.3. The lowest BCUT2D eigenvalue weighted by Crippen LogP contribution is -2.47. The summed E-state index contributed by atoms with van der Waals surface area (Å²) in [4.78, 5) is 29.7. The molecule has 2 atom stereocenters. The first-order chi connectivity index (χ1) is 13.0.